The van der Waals surface area contributed by atoms with Gasteiger partial charge in [0.25, 0.3) is 0 Å². The van der Waals surface area contributed by atoms with Gasteiger partial charge in [-0.1, -0.05) is 6.58 Å². The summed E-state index contributed by atoms with van der Waals surface area (Å²) in [5.41, 5.74) is -0.101. The van der Waals surface area contributed by atoms with Gasteiger partial charge in [-0.25, -0.2) is 4.79 Å². The van der Waals surface area contributed by atoms with Crippen LogP contribution < -0.4 is 10.4 Å². The molecule has 1 aromatic heterocycles. The Kier molecular flexibility index (Phi) is 7.12. The number of benzene rings is 1. The molecule has 0 spiro atoms. The fraction of sp³-hybridized carbons (Fsp3) is 0.476. The fourth-order valence-electron chi connectivity index (χ4n) is 3.53. The summed E-state index contributed by atoms with van der Waals surface area (Å²) >= 11 is 0. The van der Waals surface area contributed by atoms with Crippen LogP contribution in [0, 0.1) is 0 Å². The van der Waals surface area contributed by atoms with Crippen LogP contribution in [0.15, 0.2) is 45.6 Å². The molecule has 7 atom stereocenters. The van der Waals surface area contributed by atoms with Crippen LogP contribution >= 0.6 is 0 Å². The van der Waals surface area contributed by atoms with Crippen LogP contribution in [0.25, 0.3) is 11.0 Å². The second kappa shape index (κ2) is 9.45. The summed E-state index contributed by atoms with van der Waals surface area (Å²) in [6.07, 6.45) is -10.2. The molecular weight excluding hydrogens is 412 g/mol. The Balaban J connectivity index is 2.00. The van der Waals surface area contributed by atoms with Crippen LogP contribution in [-0.2, 0) is 9.47 Å². The number of rotatable bonds is 7. The number of fused-ring (bicyclic) bond motifs is 1. The zero-order valence-corrected chi connectivity index (χ0v) is 17.0. The van der Waals surface area contributed by atoms with Crippen LogP contribution in [0.2, 0.25) is 0 Å². The molecule has 3 rings (SSSR count). The second-order valence-electron chi connectivity index (χ2n) is 7.40. The third-order valence-electron chi connectivity index (χ3n) is 5.21. The summed E-state index contributed by atoms with van der Waals surface area (Å²) in [7, 11) is 1.38. The molecule has 170 valence electrons. The second-order valence-corrected chi connectivity index (χ2v) is 7.40. The number of aliphatic hydroxyl groups is 5. The van der Waals surface area contributed by atoms with Crippen LogP contribution in [0.1, 0.15) is 18.6 Å². The molecule has 0 amide bonds. The summed E-state index contributed by atoms with van der Waals surface area (Å²) in [4.78, 5) is 11.8. The van der Waals surface area contributed by atoms with Gasteiger partial charge in [-0.15, -0.1) is 0 Å². The summed E-state index contributed by atoms with van der Waals surface area (Å²) in [6, 6.07) is 6.02. The zero-order chi connectivity index (χ0) is 22.9. The van der Waals surface area contributed by atoms with Crippen LogP contribution in [0.3, 0.4) is 0 Å². The van der Waals surface area contributed by atoms with E-state index in [0.29, 0.717) is 11.0 Å². The molecule has 0 aliphatic carbocycles. The lowest BCUT2D eigenvalue weighted by Crippen LogP contribution is -2.60. The molecule has 10 heteroatoms. The largest absolute Gasteiger partial charge is 0.496 e. The Labute approximate surface area is 177 Å². The van der Waals surface area contributed by atoms with Crippen molar-refractivity contribution in [2.45, 2.75) is 49.8 Å². The van der Waals surface area contributed by atoms with E-state index in [9.17, 15) is 30.3 Å². The lowest BCUT2D eigenvalue weighted by Gasteiger charge is -2.41. The van der Waals surface area contributed by atoms with Crippen molar-refractivity contribution in [1.29, 1.82) is 0 Å². The normalized spacial score (nSPS) is 28.3. The van der Waals surface area contributed by atoms with E-state index in [2.05, 4.69) is 6.58 Å². The molecule has 1 fully saturated rings. The van der Waals surface area contributed by atoms with Gasteiger partial charge in [-0.05, 0) is 30.7 Å². The Morgan fingerprint density at radius 3 is 2.45 bits per heavy atom. The molecular formula is C21H26O10. The van der Waals surface area contributed by atoms with Gasteiger partial charge in [0.15, 0.2) is 6.29 Å². The van der Waals surface area contributed by atoms with E-state index in [-0.39, 0.29) is 16.9 Å². The highest BCUT2D eigenvalue weighted by Crippen LogP contribution is 2.37. The number of aliphatic hydroxyl groups excluding tert-OH is 5. The highest BCUT2D eigenvalue weighted by atomic mass is 16.7. The third kappa shape index (κ3) is 4.51. The maximum Gasteiger partial charge on any atom is 0.336 e. The van der Waals surface area contributed by atoms with Gasteiger partial charge >= 0.3 is 5.63 Å². The highest BCUT2D eigenvalue weighted by Gasteiger charge is 2.45. The molecule has 1 aliphatic rings. The molecule has 7 unspecified atom stereocenters. The van der Waals surface area contributed by atoms with Gasteiger partial charge in [0, 0.05) is 11.5 Å². The quantitative estimate of drug-likeness (QED) is 0.284. The molecule has 0 bridgehead atoms. The van der Waals surface area contributed by atoms with E-state index < -0.39 is 55.1 Å². The van der Waals surface area contributed by atoms with Crippen molar-refractivity contribution >= 4 is 11.0 Å². The zero-order valence-electron chi connectivity index (χ0n) is 17.0. The van der Waals surface area contributed by atoms with Crippen molar-refractivity contribution in [3.63, 3.8) is 0 Å². The first-order valence-electron chi connectivity index (χ1n) is 9.59. The van der Waals surface area contributed by atoms with Gasteiger partial charge in [-0.3, -0.25) is 0 Å². The van der Waals surface area contributed by atoms with Gasteiger partial charge < -0.3 is 44.2 Å². The van der Waals surface area contributed by atoms with Crippen molar-refractivity contribution in [3.8, 4) is 5.75 Å². The SMILES string of the molecule is C=C(C)C(OC1OC(CO)C(O)C(O)C1O)C(O)c1c(OC)ccc2ccc(=O)oc12. The number of hydrogen-bond donors (Lipinski definition) is 5. The molecule has 2 heterocycles. The minimum absolute atomic E-state index is 0.0861. The predicted molar refractivity (Wildman–Crippen MR) is 107 cm³/mol. The van der Waals surface area contributed by atoms with Crippen LogP contribution in [-0.4, -0.2) is 76.1 Å². The molecule has 31 heavy (non-hydrogen) atoms. The van der Waals surface area contributed by atoms with Crippen molar-refractivity contribution in [2.24, 2.45) is 0 Å². The van der Waals surface area contributed by atoms with Crippen molar-refractivity contribution in [2.75, 3.05) is 13.7 Å². The molecule has 0 saturated carbocycles. The molecule has 1 aliphatic heterocycles. The van der Waals surface area contributed by atoms with E-state index in [1.54, 1.807) is 19.1 Å². The molecule has 0 radical (unpaired) electrons. The van der Waals surface area contributed by atoms with Gasteiger partial charge in [0.2, 0.25) is 0 Å². The first-order chi connectivity index (χ1) is 14.7. The fourth-order valence-corrected chi connectivity index (χ4v) is 3.53. The average Bonchev–Trinajstić information content (AvgIpc) is 2.75. The van der Waals surface area contributed by atoms with Crippen molar-refractivity contribution in [3.05, 3.63) is 52.4 Å². The van der Waals surface area contributed by atoms with Gasteiger partial charge in [0.05, 0.1) is 19.3 Å². The van der Waals surface area contributed by atoms with Crippen LogP contribution in [0.4, 0.5) is 0 Å². The number of methoxy groups -OCH3 is 1. The Morgan fingerprint density at radius 1 is 1.16 bits per heavy atom. The molecule has 1 saturated heterocycles. The minimum Gasteiger partial charge on any atom is -0.496 e. The Bertz CT molecular complexity index is 984. The highest BCUT2D eigenvalue weighted by molar-refractivity contribution is 5.82. The van der Waals surface area contributed by atoms with Crippen molar-refractivity contribution < 1.29 is 44.2 Å². The first-order valence-corrected chi connectivity index (χ1v) is 9.59. The molecule has 10 nitrogen and oxygen atoms in total. The Morgan fingerprint density at radius 2 is 1.84 bits per heavy atom. The van der Waals surface area contributed by atoms with E-state index in [1.807, 2.05) is 0 Å². The van der Waals surface area contributed by atoms with Crippen molar-refractivity contribution in [1.82, 2.24) is 0 Å². The Hall–Kier alpha value is -2.31. The molecule has 1 aromatic carbocycles. The van der Waals surface area contributed by atoms with E-state index in [0.717, 1.165) is 0 Å². The standard InChI is InChI=1S/C21H26O10/c1-9(2)19(31-21-18(27)17(26)15(24)12(8-22)29-21)16(25)14-11(28-3)6-4-10-5-7-13(23)30-20(10)14/h4-7,12,15-19,21-22,24-27H,1,8H2,2-3H3. The monoisotopic (exact) mass is 438 g/mol. The minimum atomic E-state index is -1.67. The first kappa shape index (κ1) is 23.4. The maximum absolute atomic E-state index is 11.8. The van der Waals surface area contributed by atoms with E-state index in [4.69, 9.17) is 18.6 Å². The van der Waals surface area contributed by atoms with E-state index in [1.165, 1.54) is 19.2 Å². The summed E-state index contributed by atoms with van der Waals surface area (Å²) in [5, 5.41) is 51.3. The lowest BCUT2D eigenvalue weighted by molar-refractivity contribution is -0.313. The third-order valence-corrected chi connectivity index (χ3v) is 5.21. The topological polar surface area (TPSA) is 159 Å². The number of hydrogen-bond acceptors (Lipinski definition) is 10. The van der Waals surface area contributed by atoms with Gasteiger partial charge in [0.1, 0.15) is 48.0 Å². The molecule has 5 N–H and O–H groups in total. The maximum atomic E-state index is 11.8. The average molecular weight is 438 g/mol. The summed E-state index contributed by atoms with van der Waals surface area (Å²) < 4.78 is 21.7. The van der Waals surface area contributed by atoms with Crippen LogP contribution in [0.5, 0.6) is 5.75 Å². The van der Waals surface area contributed by atoms with Gasteiger partial charge in [-0.2, -0.15) is 0 Å². The number of ether oxygens (including phenoxy) is 3. The smallest absolute Gasteiger partial charge is 0.336 e. The molecule has 2 aromatic rings. The lowest BCUT2D eigenvalue weighted by atomic mass is 9.96. The summed E-state index contributed by atoms with van der Waals surface area (Å²) in [6.45, 7) is 4.73. The predicted octanol–water partition coefficient (Wildman–Crippen LogP) is -0.404. The summed E-state index contributed by atoms with van der Waals surface area (Å²) in [5.74, 6) is 0.220. The van der Waals surface area contributed by atoms with E-state index >= 15 is 0 Å².